The van der Waals surface area contributed by atoms with Gasteiger partial charge in [0.25, 0.3) is 5.91 Å². The van der Waals surface area contributed by atoms with E-state index in [4.69, 9.17) is 21.1 Å². The molecule has 1 atom stereocenters. The number of hydrogen-bond acceptors (Lipinski definition) is 5. The van der Waals surface area contributed by atoms with E-state index in [9.17, 15) is 19.2 Å². The van der Waals surface area contributed by atoms with Crippen LogP contribution >= 0.6 is 11.6 Å². The summed E-state index contributed by atoms with van der Waals surface area (Å²) in [6, 6.07) is 12.2. The van der Waals surface area contributed by atoms with E-state index >= 15 is 0 Å². The Balaban J connectivity index is 2.02. The molecule has 2 aromatic carbocycles. The molecule has 6 nitrogen and oxygen atoms in total. The zero-order valence-electron chi connectivity index (χ0n) is 15.7. The van der Waals surface area contributed by atoms with Crippen LogP contribution in [0.2, 0.25) is 5.02 Å². The lowest BCUT2D eigenvalue weighted by Crippen LogP contribution is -2.30. The fourth-order valence-electron chi connectivity index (χ4n) is 2.23. The third kappa shape index (κ3) is 6.33. The number of benzene rings is 2. The minimum absolute atomic E-state index is 0.155. The van der Waals surface area contributed by atoms with Gasteiger partial charge < -0.3 is 14.8 Å². The van der Waals surface area contributed by atoms with Crippen LogP contribution in [-0.2, 0) is 14.3 Å². The van der Waals surface area contributed by atoms with Crippen LogP contribution in [-0.4, -0.2) is 24.6 Å². The van der Waals surface area contributed by atoms with Gasteiger partial charge in [0.2, 0.25) is 0 Å². The zero-order valence-corrected chi connectivity index (χ0v) is 16.5. The number of nitrogens with one attached hydrogen (secondary N) is 1. The van der Waals surface area contributed by atoms with E-state index in [1.165, 1.54) is 25.1 Å². The van der Waals surface area contributed by atoms with Crippen molar-refractivity contribution < 1.29 is 23.5 Å². The fraction of sp³-hybridized carbons (Fsp3) is 0.190. The fourth-order valence-corrected chi connectivity index (χ4v) is 2.41. The third-order valence-corrected chi connectivity index (χ3v) is 3.97. The van der Waals surface area contributed by atoms with Crippen molar-refractivity contribution >= 4 is 35.2 Å². The first-order valence-corrected chi connectivity index (χ1v) is 9.03. The summed E-state index contributed by atoms with van der Waals surface area (Å²) in [5, 5.41) is 11.5. The summed E-state index contributed by atoms with van der Waals surface area (Å²) in [7, 11) is 0. The first-order chi connectivity index (χ1) is 13.8. The lowest BCUT2D eigenvalue weighted by Gasteiger charge is -2.13. The molecule has 2 rings (SSSR count). The molecule has 0 radical (unpaired) electrons. The average molecular weight is 417 g/mol. The molecular weight excluding hydrogens is 399 g/mol. The highest BCUT2D eigenvalue weighted by molar-refractivity contribution is 6.31. The Morgan fingerprint density at radius 2 is 1.97 bits per heavy atom. The highest BCUT2D eigenvalue weighted by Gasteiger charge is 2.21. The normalized spacial score (nSPS) is 11.9. The molecular formula is C21H18ClFN2O4. The largest absolute Gasteiger partial charge is 0.494 e. The van der Waals surface area contributed by atoms with Gasteiger partial charge in [0, 0.05) is 5.69 Å². The van der Waals surface area contributed by atoms with Gasteiger partial charge in [0.1, 0.15) is 23.2 Å². The maximum absolute atomic E-state index is 13.2. The Hall–Kier alpha value is -3.37. The van der Waals surface area contributed by atoms with E-state index in [0.29, 0.717) is 17.9 Å². The lowest BCUT2D eigenvalue weighted by atomic mass is 10.1. The summed E-state index contributed by atoms with van der Waals surface area (Å²) in [6.45, 7) is 3.73. The maximum atomic E-state index is 13.2. The third-order valence-electron chi connectivity index (χ3n) is 3.68. The second-order valence-corrected chi connectivity index (χ2v) is 6.24. The number of nitrogens with zero attached hydrogens (tertiary/aromatic N) is 1. The quantitative estimate of drug-likeness (QED) is 0.411. The van der Waals surface area contributed by atoms with Crippen molar-refractivity contribution in [3.05, 3.63) is 64.4 Å². The van der Waals surface area contributed by atoms with E-state index in [2.05, 4.69) is 5.32 Å². The monoisotopic (exact) mass is 416 g/mol. The predicted molar refractivity (Wildman–Crippen MR) is 107 cm³/mol. The molecule has 1 N–H and O–H groups in total. The van der Waals surface area contributed by atoms with Crippen LogP contribution in [0.5, 0.6) is 5.75 Å². The maximum Gasteiger partial charge on any atom is 0.349 e. The van der Waals surface area contributed by atoms with Crippen LogP contribution in [0.15, 0.2) is 48.0 Å². The highest BCUT2D eigenvalue weighted by Crippen LogP contribution is 2.20. The van der Waals surface area contributed by atoms with Crippen LogP contribution < -0.4 is 10.1 Å². The topological polar surface area (TPSA) is 88.4 Å². The summed E-state index contributed by atoms with van der Waals surface area (Å²) >= 11 is 5.66. The van der Waals surface area contributed by atoms with Crippen molar-refractivity contribution in [1.82, 2.24) is 0 Å². The lowest BCUT2D eigenvalue weighted by molar-refractivity contribution is -0.148. The number of hydrogen-bond donors (Lipinski definition) is 1. The molecule has 0 spiro atoms. The van der Waals surface area contributed by atoms with Gasteiger partial charge in [-0.05, 0) is 55.8 Å². The number of amides is 1. The predicted octanol–water partition coefficient (Wildman–Crippen LogP) is 4.36. The van der Waals surface area contributed by atoms with Gasteiger partial charge in [0.05, 0.1) is 11.6 Å². The van der Waals surface area contributed by atoms with Crippen LogP contribution in [0.4, 0.5) is 10.1 Å². The van der Waals surface area contributed by atoms with Gasteiger partial charge in [-0.2, -0.15) is 5.26 Å². The number of carbonyl (C=O) groups is 2. The molecule has 150 valence electrons. The first-order valence-electron chi connectivity index (χ1n) is 8.65. The van der Waals surface area contributed by atoms with Crippen LogP contribution in [0.1, 0.15) is 19.4 Å². The molecule has 0 heterocycles. The molecule has 0 aliphatic rings. The number of carbonyl (C=O) groups excluding carboxylic acids is 2. The van der Waals surface area contributed by atoms with Gasteiger partial charge in [-0.15, -0.1) is 0 Å². The number of nitriles is 1. The zero-order chi connectivity index (χ0) is 21.4. The minimum atomic E-state index is -1.19. The Morgan fingerprint density at radius 1 is 1.28 bits per heavy atom. The number of esters is 1. The minimum Gasteiger partial charge on any atom is -0.494 e. The second kappa shape index (κ2) is 10.2. The molecule has 1 amide bonds. The van der Waals surface area contributed by atoms with E-state index in [1.54, 1.807) is 30.3 Å². The molecule has 0 saturated carbocycles. The molecule has 0 bridgehead atoms. The molecule has 0 aliphatic carbocycles. The van der Waals surface area contributed by atoms with Crippen LogP contribution in [0.3, 0.4) is 0 Å². The molecule has 8 heteroatoms. The molecule has 0 fully saturated rings. The Kier molecular flexibility index (Phi) is 7.75. The van der Waals surface area contributed by atoms with Gasteiger partial charge in [-0.25, -0.2) is 9.18 Å². The molecule has 0 saturated heterocycles. The van der Waals surface area contributed by atoms with Crippen molar-refractivity contribution in [3.63, 3.8) is 0 Å². The van der Waals surface area contributed by atoms with E-state index in [-0.39, 0.29) is 16.3 Å². The van der Waals surface area contributed by atoms with Crippen LogP contribution in [0, 0.1) is 17.1 Å². The summed E-state index contributed by atoms with van der Waals surface area (Å²) < 4.78 is 23.6. The number of rotatable bonds is 7. The van der Waals surface area contributed by atoms with Crippen molar-refractivity contribution in [1.29, 1.82) is 5.26 Å². The van der Waals surface area contributed by atoms with E-state index in [0.717, 1.165) is 6.07 Å². The van der Waals surface area contributed by atoms with E-state index in [1.807, 2.05) is 6.92 Å². The SMILES string of the molecule is CCOc1ccc(/C=C(\C#N)C(=O)O[C@@H](C)C(=O)Nc2ccc(F)c(Cl)c2)cc1. The summed E-state index contributed by atoms with van der Waals surface area (Å²) in [5.74, 6) is -1.56. The molecule has 0 aliphatic heterocycles. The summed E-state index contributed by atoms with van der Waals surface area (Å²) in [5.41, 5.74) is 0.577. The standard InChI is InChI=1S/C21H18ClFN2O4/c1-3-28-17-7-4-14(5-8-17)10-15(12-24)21(27)29-13(2)20(26)25-16-6-9-19(23)18(22)11-16/h4-11,13H,3H2,1-2H3,(H,25,26)/b15-10+/t13-/m0/s1. The molecule has 29 heavy (non-hydrogen) atoms. The van der Waals surface area contributed by atoms with Gasteiger partial charge in [-0.1, -0.05) is 23.7 Å². The van der Waals surface area contributed by atoms with E-state index < -0.39 is 23.8 Å². The van der Waals surface area contributed by atoms with Gasteiger partial charge in [0.15, 0.2) is 6.10 Å². The smallest absolute Gasteiger partial charge is 0.349 e. The first kappa shape index (κ1) is 21.9. The second-order valence-electron chi connectivity index (χ2n) is 5.84. The Morgan fingerprint density at radius 3 is 2.55 bits per heavy atom. The highest BCUT2D eigenvalue weighted by atomic mass is 35.5. The number of halogens is 2. The van der Waals surface area contributed by atoms with Crippen molar-refractivity contribution in [2.24, 2.45) is 0 Å². The Bertz CT molecular complexity index is 968. The number of anilines is 1. The molecule has 0 unspecified atom stereocenters. The summed E-state index contributed by atoms with van der Waals surface area (Å²) in [4.78, 5) is 24.4. The van der Waals surface area contributed by atoms with Crippen molar-refractivity contribution in [2.45, 2.75) is 20.0 Å². The van der Waals surface area contributed by atoms with Crippen LogP contribution in [0.25, 0.3) is 6.08 Å². The average Bonchev–Trinajstić information content (AvgIpc) is 2.70. The number of ether oxygens (including phenoxy) is 2. The van der Waals surface area contributed by atoms with Gasteiger partial charge >= 0.3 is 5.97 Å². The Labute approximate surface area is 172 Å². The van der Waals surface area contributed by atoms with Gasteiger partial charge in [-0.3, -0.25) is 4.79 Å². The van der Waals surface area contributed by atoms with Crippen molar-refractivity contribution in [3.8, 4) is 11.8 Å². The molecule has 2 aromatic rings. The molecule has 0 aromatic heterocycles. The summed E-state index contributed by atoms with van der Waals surface area (Å²) in [6.07, 6.45) is 0.158. The van der Waals surface area contributed by atoms with Crippen molar-refractivity contribution in [2.75, 3.05) is 11.9 Å².